The molecule has 78 valence electrons. The summed E-state index contributed by atoms with van der Waals surface area (Å²) in [6.45, 7) is 0. The summed E-state index contributed by atoms with van der Waals surface area (Å²) in [7, 11) is 2.86. The fourth-order valence-electron chi connectivity index (χ4n) is 0.848. The summed E-state index contributed by atoms with van der Waals surface area (Å²) in [5, 5.41) is 8.61. The van der Waals surface area contributed by atoms with Crippen LogP contribution in [0.5, 0.6) is 11.6 Å². The van der Waals surface area contributed by atoms with E-state index in [1.54, 1.807) is 0 Å². The molecule has 1 rings (SSSR count). The van der Waals surface area contributed by atoms with Gasteiger partial charge in [-0.1, -0.05) is 0 Å². The van der Waals surface area contributed by atoms with Crippen molar-refractivity contribution in [2.75, 3.05) is 14.2 Å². The summed E-state index contributed by atoms with van der Waals surface area (Å²) in [5.41, 5.74) is -0.0716. The largest absolute Gasteiger partial charge is 0.491 e. The normalized spacial score (nSPS) is 8.71. The molecule has 0 atom stereocenters. The van der Waals surface area contributed by atoms with Crippen LogP contribution in [0.4, 0.5) is 0 Å². The first-order chi connectivity index (χ1) is 6.19. The predicted octanol–water partition coefficient (Wildman–Crippen LogP) is 1.22. The first-order valence-corrected chi connectivity index (χ1v) is 3.51. The summed E-state index contributed by atoms with van der Waals surface area (Å²) in [4.78, 5) is 14.2. The quantitative estimate of drug-likeness (QED) is 0.828. The molecule has 0 aliphatic carbocycles. The second-order valence-electron chi connectivity index (χ2n) is 2.21. The van der Waals surface area contributed by atoms with E-state index in [1.165, 1.54) is 26.4 Å². The Bertz CT molecular complexity index is 329. The number of methoxy groups -OCH3 is 2. The average molecular weight is 220 g/mol. The van der Waals surface area contributed by atoms with Gasteiger partial charge in [-0.25, -0.2) is 9.78 Å². The molecule has 5 nitrogen and oxygen atoms in total. The minimum absolute atomic E-state index is 0. The molecule has 14 heavy (non-hydrogen) atoms. The fraction of sp³-hybridized carbons (Fsp3) is 0.250. The van der Waals surface area contributed by atoms with Crippen LogP contribution in [0, 0.1) is 0 Å². The third kappa shape index (κ3) is 2.50. The number of halogens is 1. The predicted molar refractivity (Wildman–Crippen MR) is 51.5 cm³/mol. The molecule has 0 saturated heterocycles. The van der Waals surface area contributed by atoms with Gasteiger partial charge in [-0.05, 0) is 12.1 Å². The van der Waals surface area contributed by atoms with Gasteiger partial charge in [0.1, 0.15) is 0 Å². The molecule has 0 aromatic carbocycles. The van der Waals surface area contributed by atoms with Crippen LogP contribution in [-0.4, -0.2) is 30.3 Å². The van der Waals surface area contributed by atoms with Crippen LogP contribution in [0.2, 0.25) is 0 Å². The maximum atomic E-state index is 10.5. The highest BCUT2D eigenvalue weighted by Gasteiger charge is 2.10. The SMILES string of the molecule is COc1ccc(C(=O)O)nc1OC.Cl. The molecule has 0 radical (unpaired) electrons. The van der Waals surface area contributed by atoms with Crippen LogP contribution >= 0.6 is 12.4 Å². The van der Waals surface area contributed by atoms with Gasteiger partial charge >= 0.3 is 5.97 Å². The van der Waals surface area contributed by atoms with E-state index in [-0.39, 0.29) is 24.0 Å². The lowest BCUT2D eigenvalue weighted by atomic mass is 10.3. The Balaban J connectivity index is 0.00000169. The number of carbonyl (C=O) groups is 1. The zero-order valence-corrected chi connectivity index (χ0v) is 8.50. The number of carboxylic acids is 1. The molecule has 1 aromatic heterocycles. The van der Waals surface area contributed by atoms with Gasteiger partial charge in [0.2, 0.25) is 0 Å². The van der Waals surface area contributed by atoms with Crippen molar-refractivity contribution < 1.29 is 19.4 Å². The van der Waals surface area contributed by atoms with Crippen molar-refractivity contribution in [2.45, 2.75) is 0 Å². The van der Waals surface area contributed by atoms with Crippen LogP contribution in [0.3, 0.4) is 0 Å². The molecule has 0 bridgehead atoms. The number of carboxylic acid groups (broad SMARTS) is 1. The van der Waals surface area contributed by atoms with Crippen molar-refractivity contribution in [3.8, 4) is 11.6 Å². The van der Waals surface area contributed by atoms with E-state index in [1.807, 2.05) is 0 Å². The molecule has 0 spiro atoms. The number of nitrogens with zero attached hydrogens (tertiary/aromatic N) is 1. The highest BCUT2D eigenvalue weighted by Crippen LogP contribution is 2.23. The molecule has 0 saturated carbocycles. The van der Waals surface area contributed by atoms with Crippen molar-refractivity contribution >= 4 is 18.4 Å². The molecular weight excluding hydrogens is 210 g/mol. The van der Waals surface area contributed by atoms with Gasteiger partial charge in [-0.15, -0.1) is 12.4 Å². The number of aromatic nitrogens is 1. The van der Waals surface area contributed by atoms with Crippen molar-refractivity contribution in [3.63, 3.8) is 0 Å². The van der Waals surface area contributed by atoms with Gasteiger partial charge in [-0.2, -0.15) is 0 Å². The summed E-state index contributed by atoms with van der Waals surface area (Å²) < 4.78 is 9.72. The maximum Gasteiger partial charge on any atom is 0.354 e. The fourth-order valence-corrected chi connectivity index (χ4v) is 0.848. The van der Waals surface area contributed by atoms with Crippen LogP contribution in [0.25, 0.3) is 0 Å². The highest BCUT2D eigenvalue weighted by atomic mass is 35.5. The van der Waals surface area contributed by atoms with E-state index < -0.39 is 5.97 Å². The number of ether oxygens (including phenoxy) is 2. The van der Waals surface area contributed by atoms with Crippen molar-refractivity contribution in [1.82, 2.24) is 4.98 Å². The summed E-state index contributed by atoms with van der Waals surface area (Å²) in [6, 6.07) is 2.85. The van der Waals surface area contributed by atoms with E-state index in [9.17, 15) is 4.79 Å². The second-order valence-corrected chi connectivity index (χ2v) is 2.21. The summed E-state index contributed by atoms with van der Waals surface area (Å²) in [5.74, 6) is -0.518. The van der Waals surface area contributed by atoms with Gasteiger partial charge in [0.15, 0.2) is 11.4 Å². The van der Waals surface area contributed by atoms with Gasteiger partial charge in [0.25, 0.3) is 5.88 Å². The molecular formula is C8H10ClNO4. The van der Waals surface area contributed by atoms with Crippen LogP contribution in [0.1, 0.15) is 10.5 Å². The minimum Gasteiger partial charge on any atom is -0.491 e. The number of hydrogen-bond acceptors (Lipinski definition) is 4. The van der Waals surface area contributed by atoms with Gasteiger partial charge < -0.3 is 14.6 Å². The van der Waals surface area contributed by atoms with Crippen molar-refractivity contribution in [1.29, 1.82) is 0 Å². The monoisotopic (exact) mass is 219 g/mol. The van der Waals surface area contributed by atoms with E-state index in [0.717, 1.165) is 0 Å². The summed E-state index contributed by atoms with van der Waals surface area (Å²) in [6.07, 6.45) is 0. The van der Waals surface area contributed by atoms with Crippen LogP contribution in [-0.2, 0) is 0 Å². The minimum atomic E-state index is -1.10. The number of pyridine rings is 1. The Morgan fingerprint density at radius 3 is 2.43 bits per heavy atom. The first-order valence-electron chi connectivity index (χ1n) is 3.51. The van der Waals surface area contributed by atoms with Crippen LogP contribution in [0.15, 0.2) is 12.1 Å². The summed E-state index contributed by atoms with van der Waals surface area (Å²) >= 11 is 0. The molecule has 1 heterocycles. The zero-order valence-electron chi connectivity index (χ0n) is 7.68. The number of rotatable bonds is 3. The highest BCUT2D eigenvalue weighted by molar-refractivity contribution is 5.85. The Morgan fingerprint density at radius 2 is 2.00 bits per heavy atom. The molecule has 0 aliphatic rings. The molecule has 6 heteroatoms. The zero-order chi connectivity index (χ0) is 9.84. The van der Waals surface area contributed by atoms with Crippen LogP contribution < -0.4 is 9.47 Å². The smallest absolute Gasteiger partial charge is 0.354 e. The molecule has 0 unspecified atom stereocenters. The lowest BCUT2D eigenvalue weighted by molar-refractivity contribution is 0.0689. The Morgan fingerprint density at radius 1 is 1.36 bits per heavy atom. The average Bonchev–Trinajstić information content (AvgIpc) is 2.16. The number of aromatic carboxylic acids is 1. The molecule has 1 aromatic rings. The Kier molecular flexibility index (Phi) is 4.72. The lowest BCUT2D eigenvalue weighted by Crippen LogP contribution is -2.02. The van der Waals surface area contributed by atoms with E-state index in [4.69, 9.17) is 14.6 Å². The van der Waals surface area contributed by atoms with Gasteiger partial charge in [0.05, 0.1) is 14.2 Å². The van der Waals surface area contributed by atoms with Gasteiger partial charge in [0, 0.05) is 0 Å². The second kappa shape index (κ2) is 5.29. The van der Waals surface area contributed by atoms with E-state index in [2.05, 4.69) is 4.98 Å². The lowest BCUT2D eigenvalue weighted by Gasteiger charge is -2.05. The third-order valence-corrected chi connectivity index (χ3v) is 1.46. The Hall–Kier alpha value is -1.49. The molecule has 0 aliphatic heterocycles. The molecule has 1 N–H and O–H groups in total. The third-order valence-electron chi connectivity index (χ3n) is 1.46. The first kappa shape index (κ1) is 12.5. The standard InChI is InChI=1S/C8H9NO4.ClH/c1-12-6-4-3-5(8(10)11)9-7(6)13-2;/h3-4H,1-2H3,(H,10,11);1H. The van der Waals surface area contributed by atoms with E-state index >= 15 is 0 Å². The molecule has 0 amide bonds. The van der Waals surface area contributed by atoms with Crippen molar-refractivity contribution in [2.24, 2.45) is 0 Å². The molecule has 0 fully saturated rings. The topological polar surface area (TPSA) is 68.7 Å². The van der Waals surface area contributed by atoms with Gasteiger partial charge in [-0.3, -0.25) is 0 Å². The number of hydrogen-bond donors (Lipinski definition) is 1. The van der Waals surface area contributed by atoms with Crippen molar-refractivity contribution in [3.05, 3.63) is 17.8 Å². The maximum absolute atomic E-state index is 10.5. The Labute approximate surface area is 87.1 Å². The van der Waals surface area contributed by atoms with E-state index in [0.29, 0.717) is 5.75 Å².